The van der Waals surface area contributed by atoms with E-state index in [0.29, 0.717) is 0 Å². The molecule has 104 valence electrons. The Morgan fingerprint density at radius 1 is 1.47 bits per heavy atom. The van der Waals surface area contributed by atoms with Gasteiger partial charge in [0, 0.05) is 5.54 Å². The average Bonchev–Trinajstić information content (AvgIpc) is 2.34. The summed E-state index contributed by atoms with van der Waals surface area (Å²) in [5.74, 6) is -1.40. The van der Waals surface area contributed by atoms with Crippen LogP contribution in [0.3, 0.4) is 0 Å². The van der Waals surface area contributed by atoms with Gasteiger partial charge in [0.15, 0.2) is 0 Å². The van der Waals surface area contributed by atoms with Crippen molar-refractivity contribution < 1.29 is 23.1 Å². The van der Waals surface area contributed by atoms with Gasteiger partial charge in [-0.25, -0.2) is 18.4 Å². The van der Waals surface area contributed by atoms with E-state index in [1.807, 2.05) is 0 Å². The molecule has 0 aromatic heterocycles. The Bertz CT molecular complexity index is 627. The van der Waals surface area contributed by atoms with Crippen LogP contribution in [-0.4, -0.2) is 26.1 Å². The minimum atomic E-state index is -3.99. The van der Waals surface area contributed by atoms with Crippen molar-refractivity contribution in [3.8, 4) is 5.75 Å². The van der Waals surface area contributed by atoms with Crippen molar-refractivity contribution in [2.24, 2.45) is 5.14 Å². The number of rotatable bonds is 5. The maximum absolute atomic E-state index is 11.1. The van der Waals surface area contributed by atoms with Gasteiger partial charge in [0.1, 0.15) is 17.9 Å². The second kappa shape index (κ2) is 6.25. The van der Waals surface area contributed by atoms with Crippen molar-refractivity contribution in [2.45, 2.75) is 4.90 Å². The van der Waals surface area contributed by atoms with E-state index < -0.39 is 16.0 Å². The topological polar surface area (TPSA) is 107 Å². The number of sulfonamides is 1. The van der Waals surface area contributed by atoms with Crippen LogP contribution in [0.2, 0.25) is 0 Å². The van der Waals surface area contributed by atoms with Gasteiger partial charge in [-0.05, 0) is 18.2 Å². The van der Waals surface area contributed by atoms with Gasteiger partial charge in [-0.15, -0.1) is 0 Å². The number of halogens is 2. The van der Waals surface area contributed by atoms with Crippen LogP contribution < -0.4 is 9.88 Å². The van der Waals surface area contributed by atoms with E-state index in [0.717, 1.165) is 17.7 Å². The first-order valence-electron chi connectivity index (χ1n) is 4.73. The third-order valence-corrected chi connectivity index (χ3v) is 3.50. The molecule has 19 heavy (non-hydrogen) atoms. The number of nitrogens with two attached hydrogens (primary N) is 1. The summed E-state index contributed by atoms with van der Waals surface area (Å²) in [7, 11) is -3.99. The number of primary sulfonamides is 1. The third kappa shape index (κ3) is 4.39. The molecule has 0 bridgehead atoms. The molecule has 0 saturated carbocycles. The highest BCUT2D eigenvalue weighted by Gasteiger charge is 2.17. The van der Waals surface area contributed by atoms with Crippen molar-refractivity contribution in [1.29, 1.82) is 0 Å². The SMILES string of the molecule is NS(=O)(=O)c1ccc(OC/C(Cl)=C/Cl)c(C(=O)O)c1. The summed E-state index contributed by atoms with van der Waals surface area (Å²) in [4.78, 5) is 10.7. The summed E-state index contributed by atoms with van der Waals surface area (Å²) >= 11 is 10.9. The lowest BCUT2D eigenvalue weighted by atomic mass is 10.2. The molecule has 0 spiro atoms. The third-order valence-electron chi connectivity index (χ3n) is 1.99. The number of benzene rings is 1. The summed E-state index contributed by atoms with van der Waals surface area (Å²) in [5.41, 5.74) is 0.728. The number of hydrogen-bond donors (Lipinski definition) is 2. The molecule has 0 aliphatic heterocycles. The normalized spacial score (nSPS) is 12.3. The highest BCUT2D eigenvalue weighted by molar-refractivity contribution is 7.89. The van der Waals surface area contributed by atoms with E-state index in [-0.39, 0.29) is 27.8 Å². The first kappa shape index (κ1) is 15.8. The summed E-state index contributed by atoms with van der Waals surface area (Å²) in [5, 5.41) is 14.1. The fourth-order valence-electron chi connectivity index (χ4n) is 1.16. The van der Waals surface area contributed by atoms with Gasteiger partial charge >= 0.3 is 5.97 Å². The van der Waals surface area contributed by atoms with Crippen LogP contribution >= 0.6 is 23.2 Å². The molecule has 0 fully saturated rings. The van der Waals surface area contributed by atoms with Crippen molar-refractivity contribution in [2.75, 3.05) is 6.61 Å². The Hall–Kier alpha value is -1.28. The van der Waals surface area contributed by atoms with Gasteiger partial charge in [-0.3, -0.25) is 0 Å². The minimum Gasteiger partial charge on any atom is -0.487 e. The Morgan fingerprint density at radius 3 is 2.58 bits per heavy atom. The molecule has 9 heteroatoms. The minimum absolute atomic E-state index is 0.0448. The van der Waals surface area contributed by atoms with Crippen LogP contribution in [0.15, 0.2) is 33.7 Å². The number of hydrogen-bond acceptors (Lipinski definition) is 4. The van der Waals surface area contributed by atoms with Gasteiger partial charge in [0.2, 0.25) is 10.0 Å². The maximum Gasteiger partial charge on any atom is 0.339 e. The number of carbonyl (C=O) groups is 1. The molecule has 1 aromatic carbocycles. The van der Waals surface area contributed by atoms with Gasteiger partial charge in [0.25, 0.3) is 0 Å². The number of carboxylic acids is 1. The number of aromatic carboxylic acids is 1. The smallest absolute Gasteiger partial charge is 0.339 e. The van der Waals surface area contributed by atoms with Crippen LogP contribution in [0.4, 0.5) is 0 Å². The van der Waals surface area contributed by atoms with Crippen molar-refractivity contribution in [1.82, 2.24) is 0 Å². The lowest BCUT2D eigenvalue weighted by Gasteiger charge is -2.09. The van der Waals surface area contributed by atoms with Crippen LogP contribution in [0.1, 0.15) is 10.4 Å². The molecule has 0 aliphatic rings. The molecular formula is C10H9Cl2NO5S. The summed E-state index contributed by atoms with van der Waals surface area (Å²) in [6.45, 7) is -0.139. The van der Waals surface area contributed by atoms with Crippen LogP contribution in [0, 0.1) is 0 Å². The zero-order valence-corrected chi connectivity index (χ0v) is 11.7. The molecule has 1 aromatic rings. The van der Waals surface area contributed by atoms with Gasteiger partial charge in [0.05, 0.1) is 9.93 Å². The zero-order chi connectivity index (χ0) is 14.6. The number of carboxylic acid groups (broad SMARTS) is 1. The molecule has 0 amide bonds. The Morgan fingerprint density at radius 2 is 2.11 bits per heavy atom. The van der Waals surface area contributed by atoms with Crippen molar-refractivity contribution in [3.05, 3.63) is 34.3 Å². The van der Waals surface area contributed by atoms with Gasteiger partial charge in [-0.1, -0.05) is 23.2 Å². The first-order chi connectivity index (χ1) is 8.75. The predicted molar refractivity (Wildman–Crippen MR) is 70.1 cm³/mol. The van der Waals surface area contributed by atoms with Crippen LogP contribution in [0.25, 0.3) is 0 Å². The van der Waals surface area contributed by atoms with E-state index in [4.69, 9.17) is 38.2 Å². The predicted octanol–water partition coefficient (Wildman–Crippen LogP) is 1.73. The zero-order valence-electron chi connectivity index (χ0n) is 9.34. The molecule has 0 saturated heterocycles. The van der Waals surface area contributed by atoms with Crippen molar-refractivity contribution in [3.63, 3.8) is 0 Å². The Labute approximate surface area is 119 Å². The lowest BCUT2D eigenvalue weighted by Crippen LogP contribution is -2.14. The second-order valence-electron chi connectivity index (χ2n) is 3.35. The molecule has 0 radical (unpaired) electrons. The van der Waals surface area contributed by atoms with Gasteiger partial charge < -0.3 is 9.84 Å². The fourth-order valence-corrected chi connectivity index (χ4v) is 1.81. The summed E-state index contributed by atoms with van der Waals surface area (Å²) in [6, 6.07) is 3.22. The highest BCUT2D eigenvalue weighted by Crippen LogP contribution is 2.23. The Balaban J connectivity index is 3.16. The standard InChI is InChI=1S/C10H9Cl2NO5S/c11-4-6(12)5-18-9-2-1-7(19(13,16)17)3-8(9)10(14)15/h1-4H,5H2,(H,14,15)(H2,13,16,17)/b6-4-. The fraction of sp³-hybridized carbons (Fsp3) is 0.100. The molecule has 0 heterocycles. The van der Waals surface area contributed by atoms with Gasteiger partial charge in [-0.2, -0.15) is 0 Å². The molecule has 1 rings (SSSR count). The van der Waals surface area contributed by atoms with E-state index in [9.17, 15) is 13.2 Å². The van der Waals surface area contributed by atoms with E-state index in [2.05, 4.69) is 0 Å². The maximum atomic E-state index is 11.1. The molecule has 0 unspecified atom stereocenters. The van der Waals surface area contributed by atoms with Crippen LogP contribution in [-0.2, 0) is 10.0 Å². The molecular weight excluding hydrogens is 317 g/mol. The first-order valence-corrected chi connectivity index (χ1v) is 7.09. The van der Waals surface area contributed by atoms with E-state index in [1.54, 1.807) is 0 Å². The molecule has 0 atom stereocenters. The van der Waals surface area contributed by atoms with Crippen molar-refractivity contribution >= 4 is 39.2 Å². The lowest BCUT2D eigenvalue weighted by molar-refractivity contribution is 0.0692. The molecule has 3 N–H and O–H groups in total. The Kier molecular flexibility index (Phi) is 5.19. The van der Waals surface area contributed by atoms with E-state index in [1.165, 1.54) is 6.07 Å². The summed E-state index contributed by atoms with van der Waals surface area (Å²) < 4.78 is 27.4. The quantitative estimate of drug-likeness (QED) is 0.857. The average molecular weight is 326 g/mol. The largest absolute Gasteiger partial charge is 0.487 e. The van der Waals surface area contributed by atoms with E-state index >= 15 is 0 Å². The number of ether oxygens (including phenoxy) is 1. The monoisotopic (exact) mass is 325 g/mol. The highest BCUT2D eigenvalue weighted by atomic mass is 35.5. The summed E-state index contributed by atoms with van der Waals surface area (Å²) in [6.07, 6.45) is 0. The molecule has 0 aliphatic carbocycles. The molecule has 6 nitrogen and oxygen atoms in total. The second-order valence-corrected chi connectivity index (χ2v) is 5.62. The van der Waals surface area contributed by atoms with Crippen LogP contribution in [0.5, 0.6) is 5.75 Å².